The SMILES string of the molecule is Nc1ccn(S(=O)(=O)c2ccc(N3C(=O)CCC3=O)cc2)n1. The third-order valence-corrected chi connectivity index (χ3v) is 4.84. The van der Waals surface area contributed by atoms with Gasteiger partial charge in [-0.05, 0) is 24.3 Å². The molecule has 0 saturated carbocycles. The molecule has 3 rings (SSSR count). The Kier molecular flexibility index (Phi) is 3.21. The number of nitrogens with two attached hydrogens (primary N) is 1. The number of carbonyl (C=O) groups is 2. The molecule has 2 amide bonds. The first-order chi connectivity index (χ1) is 10.4. The van der Waals surface area contributed by atoms with Gasteiger partial charge in [0.25, 0.3) is 10.0 Å². The number of rotatable bonds is 3. The van der Waals surface area contributed by atoms with Gasteiger partial charge in [-0.2, -0.15) is 12.5 Å². The molecule has 2 aromatic rings. The number of hydrogen-bond donors (Lipinski definition) is 1. The van der Waals surface area contributed by atoms with Crippen molar-refractivity contribution in [2.45, 2.75) is 17.7 Å². The lowest BCUT2D eigenvalue weighted by Gasteiger charge is -2.14. The minimum Gasteiger partial charge on any atom is -0.382 e. The second kappa shape index (κ2) is 4.95. The highest BCUT2D eigenvalue weighted by Gasteiger charge is 2.30. The summed E-state index contributed by atoms with van der Waals surface area (Å²) in [6, 6.07) is 6.85. The van der Waals surface area contributed by atoms with Crippen molar-refractivity contribution in [2.24, 2.45) is 0 Å². The van der Waals surface area contributed by atoms with Gasteiger partial charge in [0.05, 0.1) is 10.6 Å². The van der Waals surface area contributed by atoms with Crippen LogP contribution in [0.15, 0.2) is 41.4 Å². The van der Waals surface area contributed by atoms with Crippen LogP contribution in [0.2, 0.25) is 0 Å². The van der Waals surface area contributed by atoms with Crippen LogP contribution < -0.4 is 10.6 Å². The summed E-state index contributed by atoms with van der Waals surface area (Å²) >= 11 is 0. The van der Waals surface area contributed by atoms with Gasteiger partial charge in [0.15, 0.2) is 0 Å². The molecule has 9 heteroatoms. The van der Waals surface area contributed by atoms with Crippen molar-refractivity contribution in [1.82, 2.24) is 9.19 Å². The molecule has 1 aliphatic heterocycles. The normalized spacial score (nSPS) is 15.5. The maximum atomic E-state index is 12.3. The summed E-state index contributed by atoms with van der Waals surface area (Å²) in [5.41, 5.74) is 5.77. The molecule has 2 N–H and O–H groups in total. The molecule has 2 heterocycles. The predicted molar refractivity (Wildman–Crippen MR) is 77.4 cm³/mol. The van der Waals surface area contributed by atoms with E-state index < -0.39 is 10.0 Å². The zero-order chi connectivity index (χ0) is 15.9. The van der Waals surface area contributed by atoms with E-state index in [0.717, 1.165) is 8.99 Å². The summed E-state index contributed by atoms with van der Waals surface area (Å²) in [7, 11) is -3.85. The number of aromatic nitrogens is 2. The minimum atomic E-state index is -3.85. The molecule has 1 aliphatic rings. The Labute approximate surface area is 126 Å². The first kappa shape index (κ1) is 14.3. The molecule has 1 fully saturated rings. The van der Waals surface area contributed by atoms with Crippen molar-refractivity contribution in [1.29, 1.82) is 0 Å². The summed E-state index contributed by atoms with van der Waals surface area (Å²) < 4.78 is 25.4. The van der Waals surface area contributed by atoms with Crippen LogP contribution in [-0.2, 0) is 19.6 Å². The highest BCUT2D eigenvalue weighted by molar-refractivity contribution is 7.89. The van der Waals surface area contributed by atoms with Crippen molar-refractivity contribution < 1.29 is 18.0 Å². The fourth-order valence-electron chi connectivity index (χ4n) is 2.19. The van der Waals surface area contributed by atoms with Crippen LogP contribution in [0, 0.1) is 0 Å². The number of carbonyl (C=O) groups excluding carboxylic acids is 2. The Bertz CT molecular complexity index is 838. The van der Waals surface area contributed by atoms with E-state index in [-0.39, 0.29) is 35.4 Å². The van der Waals surface area contributed by atoms with E-state index in [0.29, 0.717) is 5.69 Å². The average Bonchev–Trinajstić information content (AvgIpc) is 3.06. The van der Waals surface area contributed by atoms with Gasteiger partial charge in [-0.15, -0.1) is 5.10 Å². The molecule has 1 aromatic heterocycles. The van der Waals surface area contributed by atoms with Gasteiger partial charge in [-0.1, -0.05) is 0 Å². The molecule has 114 valence electrons. The van der Waals surface area contributed by atoms with E-state index in [1.807, 2.05) is 0 Å². The van der Waals surface area contributed by atoms with E-state index in [4.69, 9.17) is 5.73 Å². The zero-order valence-corrected chi connectivity index (χ0v) is 12.2. The fourth-order valence-corrected chi connectivity index (χ4v) is 3.31. The van der Waals surface area contributed by atoms with E-state index in [1.165, 1.54) is 36.5 Å². The van der Waals surface area contributed by atoms with E-state index >= 15 is 0 Å². The monoisotopic (exact) mass is 320 g/mol. The molecule has 0 aliphatic carbocycles. The lowest BCUT2D eigenvalue weighted by molar-refractivity contribution is -0.121. The molecule has 8 nitrogen and oxygen atoms in total. The smallest absolute Gasteiger partial charge is 0.283 e. The minimum absolute atomic E-state index is 0.0153. The van der Waals surface area contributed by atoms with Crippen LogP contribution in [0.5, 0.6) is 0 Å². The molecule has 0 bridgehead atoms. The molecule has 1 saturated heterocycles. The van der Waals surface area contributed by atoms with Crippen LogP contribution in [0.4, 0.5) is 11.5 Å². The Hall–Kier alpha value is -2.68. The first-order valence-electron chi connectivity index (χ1n) is 6.42. The van der Waals surface area contributed by atoms with Crippen molar-refractivity contribution in [3.63, 3.8) is 0 Å². The second-order valence-electron chi connectivity index (χ2n) is 4.73. The molecule has 0 radical (unpaired) electrons. The highest BCUT2D eigenvalue weighted by Crippen LogP contribution is 2.24. The van der Waals surface area contributed by atoms with E-state index in [2.05, 4.69) is 5.10 Å². The van der Waals surface area contributed by atoms with Gasteiger partial charge in [0, 0.05) is 25.1 Å². The Morgan fingerprint density at radius 1 is 1.00 bits per heavy atom. The molecular formula is C13H12N4O4S. The van der Waals surface area contributed by atoms with E-state index in [1.54, 1.807) is 0 Å². The van der Waals surface area contributed by atoms with Gasteiger partial charge in [-0.3, -0.25) is 14.5 Å². The maximum absolute atomic E-state index is 12.3. The average molecular weight is 320 g/mol. The zero-order valence-electron chi connectivity index (χ0n) is 11.3. The number of benzene rings is 1. The second-order valence-corrected chi connectivity index (χ2v) is 6.53. The number of hydrogen-bond acceptors (Lipinski definition) is 6. The van der Waals surface area contributed by atoms with Crippen LogP contribution in [0.1, 0.15) is 12.8 Å². The van der Waals surface area contributed by atoms with Crippen LogP contribution in [0.3, 0.4) is 0 Å². The Balaban J connectivity index is 1.95. The summed E-state index contributed by atoms with van der Waals surface area (Å²) in [5, 5.41) is 3.67. The lowest BCUT2D eigenvalue weighted by Crippen LogP contribution is -2.28. The van der Waals surface area contributed by atoms with Crippen LogP contribution in [0.25, 0.3) is 0 Å². The Morgan fingerprint density at radius 3 is 2.09 bits per heavy atom. The summed E-state index contributed by atoms with van der Waals surface area (Å²) in [5.74, 6) is -0.491. The third-order valence-electron chi connectivity index (χ3n) is 3.28. The predicted octanol–water partition coefficient (Wildman–Crippen LogP) is 0.356. The fraction of sp³-hybridized carbons (Fsp3) is 0.154. The van der Waals surface area contributed by atoms with Crippen molar-refractivity contribution in [2.75, 3.05) is 10.6 Å². The highest BCUT2D eigenvalue weighted by atomic mass is 32.2. The number of nitrogen functional groups attached to an aromatic ring is 1. The van der Waals surface area contributed by atoms with Gasteiger partial charge >= 0.3 is 0 Å². The van der Waals surface area contributed by atoms with Crippen LogP contribution in [-0.4, -0.2) is 29.4 Å². The molecule has 0 spiro atoms. The lowest BCUT2D eigenvalue weighted by atomic mass is 10.3. The molecule has 1 aromatic carbocycles. The van der Waals surface area contributed by atoms with Gasteiger partial charge in [0.1, 0.15) is 5.82 Å². The van der Waals surface area contributed by atoms with Gasteiger partial charge in [-0.25, -0.2) is 0 Å². The number of nitrogens with zero attached hydrogens (tertiary/aromatic N) is 3. The van der Waals surface area contributed by atoms with Gasteiger partial charge < -0.3 is 5.73 Å². The van der Waals surface area contributed by atoms with E-state index in [9.17, 15) is 18.0 Å². The van der Waals surface area contributed by atoms with Crippen molar-refractivity contribution >= 4 is 33.3 Å². The number of anilines is 2. The van der Waals surface area contributed by atoms with Crippen LogP contribution >= 0.6 is 0 Å². The summed E-state index contributed by atoms with van der Waals surface area (Å²) in [6.45, 7) is 0. The quantitative estimate of drug-likeness (QED) is 0.816. The largest absolute Gasteiger partial charge is 0.382 e. The first-order valence-corrected chi connectivity index (χ1v) is 7.86. The van der Waals surface area contributed by atoms with Gasteiger partial charge in [0.2, 0.25) is 11.8 Å². The number of amides is 2. The molecule has 0 atom stereocenters. The van der Waals surface area contributed by atoms with Crippen molar-refractivity contribution in [3.05, 3.63) is 36.5 Å². The summed E-state index contributed by atoms with van der Waals surface area (Å²) in [6.07, 6.45) is 1.59. The van der Waals surface area contributed by atoms with Crippen molar-refractivity contribution in [3.8, 4) is 0 Å². The maximum Gasteiger partial charge on any atom is 0.283 e. The molecular weight excluding hydrogens is 308 g/mol. The summed E-state index contributed by atoms with van der Waals surface area (Å²) in [4.78, 5) is 24.3. The molecule has 0 unspecified atom stereocenters. The third kappa shape index (κ3) is 2.25. The Morgan fingerprint density at radius 2 is 1.59 bits per heavy atom. The molecule has 22 heavy (non-hydrogen) atoms. The number of imide groups is 1. The standard InChI is InChI=1S/C13H12N4O4S/c14-11-7-8-16(15-11)22(20,21)10-3-1-9(2-4-10)17-12(18)5-6-13(17)19/h1-4,7-8H,5-6H2,(H2,14,15). The topological polar surface area (TPSA) is 115 Å².